The number of rotatable bonds is 1. The largest absolute Gasteiger partial charge is 0.443 e. The van der Waals surface area contributed by atoms with Crippen LogP contribution in [0.4, 0.5) is 4.79 Å². The van der Waals surface area contributed by atoms with Crippen LogP contribution in [0.5, 0.6) is 0 Å². The topological polar surface area (TPSA) is 61.2 Å². The molecule has 0 radical (unpaired) electrons. The summed E-state index contributed by atoms with van der Waals surface area (Å²) in [7, 11) is 0. The van der Waals surface area contributed by atoms with Crippen LogP contribution in [0.1, 0.15) is 42.3 Å². The van der Waals surface area contributed by atoms with Gasteiger partial charge in [-0.1, -0.05) is 0 Å². The van der Waals surface area contributed by atoms with Crippen molar-refractivity contribution in [3.8, 4) is 0 Å². The van der Waals surface area contributed by atoms with E-state index in [2.05, 4.69) is 4.98 Å². The van der Waals surface area contributed by atoms with Gasteiger partial charge in [-0.05, 0) is 45.7 Å². The number of hydrogen-bond acceptors (Lipinski definition) is 4. The average Bonchev–Trinajstić information content (AvgIpc) is 2.65. The molecule has 2 aromatic rings. The fraction of sp³-hybridized carbons (Fsp3) is 0.400. The maximum Gasteiger partial charge on any atom is 0.420 e. The van der Waals surface area contributed by atoms with Gasteiger partial charge in [-0.3, -0.25) is 4.79 Å². The number of carbonyl (C=O) groups is 2. The monoisotopic (exact) mass is 274 g/mol. The molecule has 0 atom stereocenters. The number of fused-ring (bicyclic) bond motifs is 1. The van der Waals surface area contributed by atoms with E-state index < -0.39 is 11.7 Å². The maximum absolute atomic E-state index is 12.2. The molecule has 0 aliphatic heterocycles. The minimum atomic E-state index is -0.584. The predicted octanol–water partition coefficient (Wildman–Crippen LogP) is 3.25. The van der Waals surface area contributed by atoms with Crippen molar-refractivity contribution in [1.82, 2.24) is 9.55 Å². The standard InChI is InChI=1S/C15H18N2O3/c1-9-6-16-13-12(11(9)8-18)10(2)7-17(13)14(19)20-15(3,4)5/h6-8H,1-5H3. The molecule has 0 saturated heterocycles. The zero-order valence-corrected chi connectivity index (χ0v) is 12.4. The molecule has 2 heterocycles. The van der Waals surface area contributed by atoms with Gasteiger partial charge in [0.2, 0.25) is 0 Å². The van der Waals surface area contributed by atoms with Gasteiger partial charge < -0.3 is 4.74 Å². The Morgan fingerprint density at radius 2 is 1.95 bits per heavy atom. The molecule has 0 unspecified atom stereocenters. The lowest BCUT2D eigenvalue weighted by Crippen LogP contribution is -2.26. The molecule has 0 bridgehead atoms. The van der Waals surface area contributed by atoms with Crippen molar-refractivity contribution in [1.29, 1.82) is 0 Å². The maximum atomic E-state index is 12.2. The highest BCUT2D eigenvalue weighted by molar-refractivity contribution is 6.01. The number of nitrogens with zero attached hydrogens (tertiary/aromatic N) is 2. The lowest BCUT2D eigenvalue weighted by atomic mass is 10.1. The van der Waals surface area contributed by atoms with Gasteiger partial charge in [0.05, 0.1) is 0 Å². The van der Waals surface area contributed by atoms with E-state index in [-0.39, 0.29) is 0 Å². The Morgan fingerprint density at radius 1 is 1.30 bits per heavy atom. The first kappa shape index (κ1) is 14.2. The molecular formula is C15H18N2O3. The molecule has 5 nitrogen and oxygen atoms in total. The van der Waals surface area contributed by atoms with Crippen LogP contribution in [-0.2, 0) is 4.74 Å². The first-order valence-corrected chi connectivity index (χ1v) is 6.40. The summed E-state index contributed by atoms with van der Waals surface area (Å²) in [6, 6.07) is 0. The molecule has 106 valence electrons. The van der Waals surface area contributed by atoms with Gasteiger partial charge in [-0.2, -0.15) is 0 Å². The average molecular weight is 274 g/mol. The van der Waals surface area contributed by atoms with Crippen molar-refractivity contribution in [2.45, 2.75) is 40.2 Å². The molecule has 0 amide bonds. The van der Waals surface area contributed by atoms with Crippen LogP contribution in [0.25, 0.3) is 11.0 Å². The number of aldehydes is 1. The first-order valence-electron chi connectivity index (χ1n) is 6.40. The zero-order valence-electron chi connectivity index (χ0n) is 12.4. The van der Waals surface area contributed by atoms with Crippen LogP contribution in [-0.4, -0.2) is 27.5 Å². The van der Waals surface area contributed by atoms with Gasteiger partial charge in [0.15, 0.2) is 6.29 Å². The van der Waals surface area contributed by atoms with Crippen LogP contribution >= 0.6 is 0 Å². The summed E-state index contributed by atoms with van der Waals surface area (Å²) < 4.78 is 6.69. The van der Waals surface area contributed by atoms with E-state index in [1.807, 2.05) is 13.8 Å². The summed E-state index contributed by atoms with van der Waals surface area (Å²) >= 11 is 0. The van der Waals surface area contributed by atoms with Gasteiger partial charge in [-0.15, -0.1) is 0 Å². The van der Waals surface area contributed by atoms with Crippen molar-refractivity contribution in [2.75, 3.05) is 0 Å². The number of ether oxygens (including phenoxy) is 1. The molecular weight excluding hydrogens is 256 g/mol. The third kappa shape index (κ3) is 2.43. The number of hydrogen-bond donors (Lipinski definition) is 0. The van der Waals surface area contributed by atoms with Crippen molar-refractivity contribution < 1.29 is 14.3 Å². The lowest BCUT2D eigenvalue weighted by Gasteiger charge is -2.19. The third-order valence-corrected chi connectivity index (χ3v) is 2.95. The Balaban J connectivity index is 2.63. The molecule has 0 N–H and O–H groups in total. The van der Waals surface area contributed by atoms with Crippen LogP contribution in [0, 0.1) is 13.8 Å². The molecule has 0 spiro atoms. The second-order valence-electron chi connectivity index (χ2n) is 5.83. The van der Waals surface area contributed by atoms with E-state index in [4.69, 9.17) is 4.74 Å². The van der Waals surface area contributed by atoms with Gasteiger partial charge in [0.1, 0.15) is 11.2 Å². The Labute approximate surface area is 117 Å². The van der Waals surface area contributed by atoms with Gasteiger partial charge in [0.25, 0.3) is 0 Å². The number of aromatic nitrogens is 2. The Kier molecular flexibility index (Phi) is 3.38. The second-order valence-corrected chi connectivity index (χ2v) is 5.83. The van der Waals surface area contributed by atoms with Crippen LogP contribution in [0.3, 0.4) is 0 Å². The zero-order chi connectivity index (χ0) is 15.1. The summed E-state index contributed by atoms with van der Waals surface area (Å²) in [4.78, 5) is 27.7. The van der Waals surface area contributed by atoms with Crippen LogP contribution < -0.4 is 0 Å². The molecule has 0 fully saturated rings. The minimum absolute atomic E-state index is 0.449. The molecule has 5 heteroatoms. The number of carbonyl (C=O) groups excluding carboxylic acids is 2. The quantitative estimate of drug-likeness (QED) is 0.749. The summed E-state index contributed by atoms with van der Waals surface area (Å²) in [5.41, 5.74) is 2.04. The minimum Gasteiger partial charge on any atom is -0.443 e. The van der Waals surface area contributed by atoms with E-state index in [1.54, 1.807) is 33.2 Å². The molecule has 0 saturated carbocycles. The second kappa shape index (κ2) is 4.74. The third-order valence-electron chi connectivity index (χ3n) is 2.95. The summed E-state index contributed by atoms with van der Waals surface area (Å²) in [6.07, 6.45) is 3.54. The predicted molar refractivity (Wildman–Crippen MR) is 76.2 cm³/mol. The van der Waals surface area contributed by atoms with Crippen LogP contribution in [0.15, 0.2) is 12.4 Å². The van der Waals surface area contributed by atoms with Crippen molar-refractivity contribution in [2.24, 2.45) is 0 Å². The molecule has 0 aliphatic rings. The van der Waals surface area contributed by atoms with Gasteiger partial charge in [-0.25, -0.2) is 14.3 Å². The highest BCUT2D eigenvalue weighted by atomic mass is 16.6. The van der Waals surface area contributed by atoms with Crippen molar-refractivity contribution >= 4 is 23.4 Å². The normalized spacial score (nSPS) is 11.7. The summed E-state index contributed by atoms with van der Waals surface area (Å²) in [5.74, 6) is 0. The van der Waals surface area contributed by atoms with E-state index in [1.165, 1.54) is 4.57 Å². The van der Waals surface area contributed by atoms with E-state index in [9.17, 15) is 9.59 Å². The molecule has 0 aliphatic carbocycles. The molecule has 20 heavy (non-hydrogen) atoms. The van der Waals surface area contributed by atoms with Crippen LogP contribution in [0.2, 0.25) is 0 Å². The summed E-state index contributed by atoms with van der Waals surface area (Å²) in [5, 5.41) is 0.700. The number of pyridine rings is 1. The van der Waals surface area contributed by atoms with Gasteiger partial charge >= 0.3 is 6.09 Å². The highest BCUT2D eigenvalue weighted by Gasteiger charge is 2.22. The highest BCUT2D eigenvalue weighted by Crippen LogP contribution is 2.25. The lowest BCUT2D eigenvalue weighted by molar-refractivity contribution is 0.0543. The molecule has 2 aromatic heterocycles. The molecule has 0 aromatic carbocycles. The van der Waals surface area contributed by atoms with Crippen molar-refractivity contribution in [3.05, 3.63) is 29.1 Å². The first-order chi connectivity index (χ1) is 9.24. The number of aryl methyl sites for hydroxylation is 2. The molecule has 2 rings (SSSR count). The Morgan fingerprint density at radius 3 is 2.50 bits per heavy atom. The SMILES string of the molecule is Cc1cnc2c(c(C)cn2C(=O)OC(C)(C)C)c1C=O. The Bertz CT molecular complexity index is 693. The smallest absolute Gasteiger partial charge is 0.420 e. The fourth-order valence-corrected chi connectivity index (χ4v) is 2.10. The van der Waals surface area contributed by atoms with Crippen molar-refractivity contribution in [3.63, 3.8) is 0 Å². The van der Waals surface area contributed by atoms with E-state index in [0.29, 0.717) is 16.6 Å². The summed E-state index contributed by atoms with van der Waals surface area (Å²) in [6.45, 7) is 9.07. The van der Waals surface area contributed by atoms with E-state index >= 15 is 0 Å². The fourth-order valence-electron chi connectivity index (χ4n) is 2.10. The van der Waals surface area contributed by atoms with E-state index in [0.717, 1.165) is 17.4 Å². The Hall–Kier alpha value is -2.17. The van der Waals surface area contributed by atoms with Gasteiger partial charge in [0, 0.05) is 23.3 Å².